The van der Waals surface area contributed by atoms with Crippen molar-refractivity contribution in [3.63, 3.8) is 0 Å². The van der Waals surface area contributed by atoms with Crippen molar-refractivity contribution in [1.82, 2.24) is 19.9 Å². The van der Waals surface area contributed by atoms with Crippen molar-refractivity contribution in [2.75, 3.05) is 37.0 Å². The number of pyridine rings is 1. The zero-order chi connectivity index (χ0) is 33.5. The average Bonchev–Trinajstić information content (AvgIpc) is 3.95. The van der Waals surface area contributed by atoms with Gasteiger partial charge >= 0.3 is 6.18 Å². The van der Waals surface area contributed by atoms with E-state index in [0.717, 1.165) is 43.0 Å². The van der Waals surface area contributed by atoms with Gasteiger partial charge in [0, 0.05) is 75.9 Å². The fourth-order valence-corrected chi connectivity index (χ4v) is 6.46. The number of allylic oxidation sites excluding steroid dienone is 1. The second-order valence-electron chi connectivity index (χ2n) is 14.6. The van der Waals surface area contributed by atoms with Gasteiger partial charge < -0.3 is 14.7 Å². The van der Waals surface area contributed by atoms with Gasteiger partial charge in [-0.25, -0.2) is 15.0 Å². The quantitative estimate of drug-likeness (QED) is 0.141. The fourth-order valence-electron chi connectivity index (χ4n) is 6.46. The summed E-state index contributed by atoms with van der Waals surface area (Å²) < 4.78 is 41.5. The summed E-state index contributed by atoms with van der Waals surface area (Å²) in [7, 11) is 3.66. The smallest absolute Gasteiger partial charge is 0.383 e. The first-order chi connectivity index (χ1) is 22.2. The van der Waals surface area contributed by atoms with E-state index in [2.05, 4.69) is 34.8 Å². The number of carbonyl (C=O) groups excluding carboxylic acids is 1. The minimum Gasteiger partial charge on any atom is -0.383 e. The van der Waals surface area contributed by atoms with Gasteiger partial charge in [0.25, 0.3) is 0 Å². The molecule has 2 heterocycles. The molecule has 0 atom stereocenters. The highest BCUT2D eigenvalue weighted by atomic mass is 19.4. The van der Waals surface area contributed by atoms with Crippen LogP contribution in [0.1, 0.15) is 89.8 Å². The van der Waals surface area contributed by atoms with Gasteiger partial charge in [0.1, 0.15) is 5.82 Å². The lowest BCUT2D eigenvalue weighted by molar-refractivity contribution is -0.137. The second-order valence-corrected chi connectivity index (χ2v) is 14.6. The van der Waals surface area contributed by atoms with Crippen molar-refractivity contribution in [1.29, 1.82) is 0 Å². The monoisotopic (exact) mass is 646 g/mol. The Morgan fingerprint density at radius 2 is 1.62 bits per heavy atom. The predicted octanol–water partition coefficient (Wildman–Crippen LogP) is 7.51. The van der Waals surface area contributed by atoms with Crippen LogP contribution in [0.4, 0.5) is 24.9 Å². The summed E-state index contributed by atoms with van der Waals surface area (Å²) in [4.78, 5) is 33.5. The summed E-state index contributed by atoms with van der Waals surface area (Å²) in [6.07, 6.45) is 8.54. The molecule has 6 rings (SSSR count). The molecule has 3 aliphatic rings. The normalized spacial score (nSPS) is 17.2. The first kappa shape index (κ1) is 33.0. The third-order valence-corrected chi connectivity index (χ3v) is 9.40. The highest BCUT2D eigenvalue weighted by Gasteiger charge is 2.36. The Bertz CT molecular complexity index is 1630. The molecule has 0 bridgehead atoms. The average molecular weight is 647 g/mol. The van der Waals surface area contributed by atoms with Crippen molar-refractivity contribution in [3.05, 3.63) is 88.0 Å². The number of fused-ring (bicyclic) bond motifs is 1. The lowest BCUT2D eigenvalue weighted by Gasteiger charge is -2.31. The molecular weight excluding hydrogens is 601 g/mol. The molecule has 0 amide bonds. The maximum absolute atomic E-state index is 13.8. The Labute approximate surface area is 275 Å². The molecule has 0 N–H and O–H groups in total. The summed E-state index contributed by atoms with van der Waals surface area (Å²) in [5.41, 5.74) is 4.10. The van der Waals surface area contributed by atoms with E-state index in [0.29, 0.717) is 41.0 Å². The van der Waals surface area contributed by atoms with Crippen LogP contribution in [0.25, 0.3) is 0 Å². The molecule has 0 aliphatic heterocycles. The molecule has 3 aromatic rings. The van der Waals surface area contributed by atoms with Crippen LogP contribution in [0.15, 0.2) is 48.9 Å². The van der Waals surface area contributed by atoms with Gasteiger partial charge in [0.15, 0.2) is 5.78 Å². The molecule has 2 fully saturated rings. The van der Waals surface area contributed by atoms with Crippen molar-refractivity contribution >= 4 is 17.5 Å². The zero-order valence-corrected chi connectivity index (χ0v) is 28.1. The number of ketones is 1. The SMILES string of the molecule is Cc1cc(CN(Cc2cc3c(nc2N(CC2CC2)CC2CC2)C(C)(C)CC3)c2ncc(C(=O)/C=C/N(C)C)cn2)cc(C(F)(F)F)c1. The molecule has 47 heavy (non-hydrogen) atoms. The number of hydrogen-bond donors (Lipinski definition) is 0. The number of rotatable bonds is 13. The number of nitrogens with zero attached hydrogens (tertiary/aromatic N) is 6. The first-order valence-electron chi connectivity index (χ1n) is 16.7. The predicted molar refractivity (Wildman–Crippen MR) is 179 cm³/mol. The van der Waals surface area contributed by atoms with Crippen LogP contribution in [0.3, 0.4) is 0 Å². The molecule has 7 nitrogen and oxygen atoms in total. The van der Waals surface area contributed by atoms with Crippen LogP contribution in [0.5, 0.6) is 0 Å². The lowest BCUT2D eigenvalue weighted by Crippen LogP contribution is -2.33. The highest BCUT2D eigenvalue weighted by Crippen LogP contribution is 2.42. The van der Waals surface area contributed by atoms with E-state index in [1.165, 1.54) is 61.8 Å². The van der Waals surface area contributed by atoms with Crippen LogP contribution >= 0.6 is 0 Å². The van der Waals surface area contributed by atoms with Crippen molar-refractivity contribution in [2.45, 2.75) is 84.0 Å². The summed E-state index contributed by atoms with van der Waals surface area (Å²) in [5.74, 6) is 2.43. The number of carbonyl (C=O) groups is 1. The van der Waals surface area contributed by atoms with Crippen LogP contribution in [-0.2, 0) is 31.1 Å². The molecule has 2 saturated carbocycles. The maximum atomic E-state index is 13.8. The lowest BCUT2D eigenvalue weighted by atomic mass is 9.90. The first-order valence-corrected chi connectivity index (χ1v) is 16.7. The van der Waals surface area contributed by atoms with E-state index in [4.69, 9.17) is 4.98 Å². The molecule has 0 spiro atoms. The number of aryl methyl sites for hydroxylation is 2. The fraction of sp³-hybridized carbons (Fsp3) is 0.514. The summed E-state index contributed by atoms with van der Waals surface area (Å²) >= 11 is 0. The number of anilines is 2. The third-order valence-electron chi connectivity index (χ3n) is 9.40. The van der Waals surface area contributed by atoms with Crippen LogP contribution in [0.2, 0.25) is 0 Å². The highest BCUT2D eigenvalue weighted by molar-refractivity contribution is 6.04. The second kappa shape index (κ2) is 12.9. The molecule has 1 aromatic carbocycles. The molecule has 3 aliphatic carbocycles. The van der Waals surface area contributed by atoms with E-state index in [-0.39, 0.29) is 17.7 Å². The van der Waals surface area contributed by atoms with Crippen LogP contribution in [-0.4, -0.2) is 52.8 Å². The van der Waals surface area contributed by atoms with E-state index >= 15 is 0 Å². The molecule has 0 radical (unpaired) electrons. The molecule has 2 aromatic heterocycles. The van der Waals surface area contributed by atoms with E-state index in [1.807, 2.05) is 19.0 Å². The van der Waals surface area contributed by atoms with Crippen LogP contribution < -0.4 is 9.80 Å². The van der Waals surface area contributed by atoms with Crippen LogP contribution in [0, 0.1) is 18.8 Å². The largest absolute Gasteiger partial charge is 0.416 e. The van der Waals surface area contributed by atoms with Crippen molar-refractivity contribution in [2.24, 2.45) is 11.8 Å². The Hall–Kier alpha value is -3.95. The summed E-state index contributed by atoms with van der Waals surface area (Å²) in [5, 5.41) is 0. The van der Waals surface area contributed by atoms with Gasteiger partial charge in [-0.2, -0.15) is 13.2 Å². The number of halogens is 3. The number of aromatic nitrogens is 3. The Morgan fingerprint density at radius 1 is 0.957 bits per heavy atom. The van der Waals surface area contributed by atoms with Gasteiger partial charge in [-0.15, -0.1) is 0 Å². The van der Waals surface area contributed by atoms with Crippen molar-refractivity contribution in [3.8, 4) is 0 Å². The van der Waals surface area contributed by atoms with Gasteiger partial charge in [-0.05, 0) is 86.6 Å². The Morgan fingerprint density at radius 3 is 2.21 bits per heavy atom. The maximum Gasteiger partial charge on any atom is 0.416 e. The number of benzene rings is 1. The zero-order valence-electron chi connectivity index (χ0n) is 28.1. The summed E-state index contributed by atoms with van der Waals surface area (Å²) in [6, 6.07) is 6.43. The van der Waals surface area contributed by atoms with E-state index < -0.39 is 11.7 Å². The third kappa shape index (κ3) is 8.14. The Kier molecular flexibility index (Phi) is 9.06. The molecule has 0 unspecified atom stereocenters. The molecule has 10 heteroatoms. The van der Waals surface area contributed by atoms with Gasteiger partial charge in [0.05, 0.1) is 16.8 Å². The minimum atomic E-state index is -4.46. The minimum absolute atomic E-state index is 0.0186. The molecular formula is C37H45F3N6O. The van der Waals surface area contributed by atoms with E-state index in [9.17, 15) is 18.0 Å². The molecule has 0 saturated heterocycles. The van der Waals surface area contributed by atoms with Gasteiger partial charge in [0.2, 0.25) is 5.95 Å². The number of hydrogen-bond acceptors (Lipinski definition) is 7. The van der Waals surface area contributed by atoms with E-state index in [1.54, 1.807) is 24.1 Å². The molecule has 250 valence electrons. The Balaban J connectivity index is 1.40. The standard InChI is InChI=1S/C37H45F3N6O/c1-24-14-27(16-31(15-24)37(38,39)40)22-46(35-41-18-30(19-42-35)32(47)11-13-44(4)5)23-29-17-28-10-12-36(2,3)33(28)43-34(29)45(20-25-6-7-25)21-26-8-9-26/h11,13-19,25-26H,6-10,12,20-23H2,1-5H3/b13-11+. The van der Waals surface area contributed by atoms with Gasteiger partial charge in [-0.1, -0.05) is 25.5 Å². The number of alkyl halides is 3. The van der Waals surface area contributed by atoms with Crippen molar-refractivity contribution < 1.29 is 18.0 Å². The summed E-state index contributed by atoms with van der Waals surface area (Å²) in [6.45, 7) is 8.66. The topological polar surface area (TPSA) is 65.5 Å². The van der Waals surface area contributed by atoms with Gasteiger partial charge in [-0.3, -0.25) is 4.79 Å².